The molecule has 6 heteroatoms. The predicted octanol–water partition coefficient (Wildman–Crippen LogP) is 16.6. The van der Waals surface area contributed by atoms with Crippen molar-refractivity contribution in [1.29, 1.82) is 0 Å². The Labute approximate surface area is 380 Å². The Morgan fingerprint density at radius 2 is 0.683 bits per heavy atom. The fourth-order valence-corrected chi connectivity index (χ4v) is 10.1. The molecule has 0 radical (unpaired) electrons. The van der Waals surface area contributed by atoms with Gasteiger partial charge in [-0.05, 0) is 170 Å². The molecule has 0 bridgehead atoms. The van der Waals surface area contributed by atoms with Crippen molar-refractivity contribution in [3.05, 3.63) is 164 Å². The lowest BCUT2D eigenvalue weighted by atomic mass is 9.59. The molecule has 0 spiro atoms. The molecular weight excluding hydrogens is 769 g/mol. The lowest BCUT2D eigenvalue weighted by Crippen LogP contribution is -2.69. The van der Waals surface area contributed by atoms with Gasteiger partial charge in [-0.1, -0.05) is 124 Å². The zero-order valence-corrected chi connectivity index (χ0v) is 39.6. The first kappa shape index (κ1) is 46.6. The van der Waals surface area contributed by atoms with Gasteiger partial charge in [0, 0.05) is 34.1 Å². The van der Waals surface area contributed by atoms with E-state index >= 15 is 0 Å². The second kappa shape index (κ2) is 22.0. The third-order valence-electron chi connectivity index (χ3n) is 12.8. The number of nitrogens with zero attached hydrogens (tertiary/aromatic N) is 2. The standard InChI is InChI=1S/C57H74N6/c1-41(2)38-44(7)47(10)57(45(8)39-42(3)4,46(9)40-43(5)6)62(55-34-30-52(31-35-55)59-49-22-16-12-17-23-49)63(56-36-32-53(33-37-56)60-50-24-18-13-19-25-50)61-54-28-26-51(27-29-54)58-48-20-14-11-15-21-48/h11-37,41-47,58-61H,38-40H2,1-10H3. The second-order valence-electron chi connectivity index (χ2n) is 19.2. The van der Waals surface area contributed by atoms with Crippen LogP contribution in [0.15, 0.2) is 164 Å². The molecule has 4 N–H and O–H groups in total. The van der Waals surface area contributed by atoms with Crippen molar-refractivity contribution in [2.24, 2.45) is 41.4 Å². The zero-order valence-electron chi connectivity index (χ0n) is 39.6. The fraction of sp³-hybridized carbons (Fsp3) is 0.368. The monoisotopic (exact) mass is 843 g/mol. The van der Waals surface area contributed by atoms with Crippen LogP contribution in [0.5, 0.6) is 0 Å². The molecule has 6 aromatic carbocycles. The SMILES string of the molecule is CC(C)CC(C)C(C)C(C(C)CC(C)C)(C(C)CC(C)C)N(c1ccc(Nc2ccccc2)cc1)N(Nc1ccc(Nc2ccccc2)cc1)c1ccc(Nc2ccccc2)cc1. The van der Waals surface area contributed by atoms with Crippen molar-refractivity contribution in [3.8, 4) is 0 Å². The molecule has 4 unspecified atom stereocenters. The van der Waals surface area contributed by atoms with Crippen molar-refractivity contribution >= 4 is 51.2 Å². The van der Waals surface area contributed by atoms with E-state index in [0.717, 1.165) is 70.4 Å². The van der Waals surface area contributed by atoms with Gasteiger partial charge >= 0.3 is 0 Å². The van der Waals surface area contributed by atoms with Gasteiger partial charge in [-0.15, -0.1) is 0 Å². The first-order chi connectivity index (χ1) is 30.3. The van der Waals surface area contributed by atoms with Gasteiger partial charge in [-0.25, -0.2) is 0 Å². The maximum atomic E-state index is 4.06. The molecular formula is C57H74N6. The molecule has 0 amide bonds. The average Bonchev–Trinajstić information content (AvgIpc) is 3.26. The zero-order chi connectivity index (χ0) is 44.9. The smallest absolute Gasteiger partial charge is 0.0815 e. The van der Waals surface area contributed by atoms with E-state index in [1.807, 2.05) is 6.07 Å². The van der Waals surface area contributed by atoms with E-state index in [0.29, 0.717) is 41.4 Å². The lowest BCUT2D eigenvalue weighted by Gasteiger charge is -2.61. The number of hydrogen-bond acceptors (Lipinski definition) is 6. The van der Waals surface area contributed by atoms with E-state index < -0.39 is 0 Å². The van der Waals surface area contributed by atoms with Crippen LogP contribution < -0.4 is 31.5 Å². The molecule has 0 fully saturated rings. The summed E-state index contributed by atoms with van der Waals surface area (Å²) in [4.78, 5) is 0. The maximum absolute atomic E-state index is 4.06. The second-order valence-corrected chi connectivity index (χ2v) is 19.2. The summed E-state index contributed by atoms with van der Waals surface area (Å²) in [5, 5.41) is 16.0. The van der Waals surface area contributed by atoms with E-state index in [1.165, 1.54) is 0 Å². The van der Waals surface area contributed by atoms with Crippen LogP contribution in [0, 0.1) is 41.4 Å². The van der Waals surface area contributed by atoms with E-state index in [-0.39, 0.29) is 5.54 Å². The van der Waals surface area contributed by atoms with Crippen LogP contribution in [0.1, 0.15) is 88.5 Å². The molecule has 0 aliphatic rings. The van der Waals surface area contributed by atoms with E-state index in [4.69, 9.17) is 0 Å². The highest BCUT2D eigenvalue weighted by molar-refractivity contribution is 5.71. The highest BCUT2D eigenvalue weighted by Crippen LogP contribution is 2.51. The first-order valence-electron chi connectivity index (χ1n) is 23.5. The highest BCUT2D eigenvalue weighted by atomic mass is 15.8. The normalized spacial score (nSPS) is 14.4. The molecule has 6 aromatic rings. The minimum absolute atomic E-state index is 0.310. The van der Waals surface area contributed by atoms with Crippen LogP contribution in [0.4, 0.5) is 51.2 Å². The lowest BCUT2D eigenvalue weighted by molar-refractivity contribution is 0.0505. The quantitative estimate of drug-likeness (QED) is 0.0511. The number of rotatable bonds is 22. The van der Waals surface area contributed by atoms with Crippen LogP contribution in [-0.4, -0.2) is 5.54 Å². The van der Waals surface area contributed by atoms with Crippen molar-refractivity contribution in [2.45, 2.75) is 94.0 Å². The number of nitrogens with one attached hydrogen (secondary N) is 4. The molecule has 0 heterocycles. The third kappa shape index (κ3) is 12.2. The molecule has 0 aliphatic heterocycles. The van der Waals surface area contributed by atoms with E-state index in [9.17, 15) is 0 Å². The first-order valence-corrected chi connectivity index (χ1v) is 23.5. The molecule has 332 valence electrons. The Bertz CT molecular complexity index is 2190. The molecule has 0 saturated heterocycles. The van der Waals surface area contributed by atoms with Gasteiger partial charge in [-0.2, -0.15) is 5.12 Å². The van der Waals surface area contributed by atoms with Gasteiger partial charge < -0.3 is 16.0 Å². The molecule has 0 saturated carbocycles. The molecule has 4 atom stereocenters. The Hall–Kier alpha value is -5.88. The number of para-hydroxylation sites is 3. The molecule has 6 nitrogen and oxygen atoms in total. The van der Waals surface area contributed by atoms with E-state index in [1.54, 1.807) is 0 Å². The fourth-order valence-electron chi connectivity index (χ4n) is 10.1. The third-order valence-corrected chi connectivity index (χ3v) is 12.8. The largest absolute Gasteiger partial charge is 0.356 e. The minimum atomic E-state index is -0.333. The summed E-state index contributed by atoms with van der Waals surface area (Å²) in [6, 6.07) is 58.0. The summed E-state index contributed by atoms with van der Waals surface area (Å²) < 4.78 is 0. The number of benzene rings is 6. The summed E-state index contributed by atoms with van der Waals surface area (Å²) in [6.45, 7) is 24.5. The average molecular weight is 843 g/mol. The number of hydrogen-bond donors (Lipinski definition) is 4. The molecule has 6 rings (SSSR count). The van der Waals surface area contributed by atoms with Crippen LogP contribution in [0.3, 0.4) is 0 Å². The van der Waals surface area contributed by atoms with Crippen LogP contribution in [0.2, 0.25) is 0 Å². The summed E-state index contributed by atoms with van der Waals surface area (Å²) in [7, 11) is 0. The molecule has 0 aromatic heterocycles. The topological polar surface area (TPSA) is 54.6 Å². The minimum Gasteiger partial charge on any atom is -0.356 e. The summed E-state index contributed by atoms with van der Waals surface area (Å²) in [5.74, 6) is 3.03. The van der Waals surface area contributed by atoms with Gasteiger partial charge in [0.05, 0.1) is 22.6 Å². The van der Waals surface area contributed by atoms with Crippen molar-refractivity contribution in [3.63, 3.8) is 0 Å². The van der Waals surface area contributed by atoms with Crippen LogP contribution in [0.25, 0.3) is 0 Å². The Morgan fingerprint density at radius 3 is 1.05 bits per heavy atom. The number of hydrazine groups is 2. The number of anilines is 9. The molecule has 0 aliphatic carbocycles. The van der Waals surface area contributed by atoms with Gasteiger partial charge in [0.25, 0.3) is 0 Å². The van der Waals surface area contributed by atoms with Crippen LogP contribution in [-0.2, 0) is 0 Å². The Morgan fingerprint density at radius 1 is 0.365 bits per heavy atom. The Balaban J connectivity index is 1.57. The summed E-state index contributed by atoms with van der Waals surface area (Å²) >= 11 is 0. The van der Waals surface area contributed by atoms with Gasteiger partial charge in [-0.3, -0.25) is 10.4 Å². The summed E-state index contributed by atoms with van der Waals surface area (Å²) in [5.41, 5.74) is 13.2. The van der Waals surface area contributed by atoms with Crippen molar-refractivity contribution in [1.82, 2.24) is 0 Å². The van der Waals surface area contributed by atoms with Crippen LogP contribution >= 0.6 is 0 Å². The predicted molar refractivity (Wildman–Crippen MR) is 275 cm³/mol. The molecule has 63 heavy (non-hydrogen) atoms. The Kier molecular flexibility index (Phi) is 16.2. The highest BCUT2D eigenvalue weighted by Gasteiger charge is 2.54. The van der Waals surface area contributed by atoms with Gasteiger partial charge in [0.2, 0.25) is 0 Å². The van der Waals surface area contributed by atoms with Crippen molar-refractivity contribution in [2.75, 3.05) is 31.5 Å². The van der Waals surface area contributed by atoms with Gasteiger partial charge in [0.1, 0.15) is 0 Å². The summed E-state index contributed by atoms with van der Waals surface area (Å²) in [6.07, 6.45) is 3.35. The van der Waals surface area contributed by atoms with E-state index in [2.05, 4.69) is 258 Å². The van der Waals surface area contributed by atoms with Gasteiger partial charge in [0.15, 0.2) is 0 Å². The maximum Gasteiger partial charge on any atom is 0.0815 e. The van der Waals surface area contributed by atoms with Crippen molar-refractivity contribution < 1.29 is 0 Å².